The number of hydrogen-bond donors (Lipinski definition) is 2. The fourth-order valence-electron chi connectivity index (χ4n) is 6.40. The number of hydrogen-bond acceptors (Lipinski definition) is 7. The average molecular weight is 472 g/mol. The Morgan fingerprint density at radius 1 is 1.18 bits per heavy atom. The van der Waals surface area contributed by atoms with E-state index in [9.17, 15) is 14.7 Å². The second kappa shape index (κ2) is 8.77. The topological polar surface area (TPSA) is 115 Å². The number of esters is 1. The van der Waals surface area contributed by atoms with Crippen molar-refractivity contribution in [1.82, 2.24) is 9.97 Å². The van der Waals surface area contributed by atoms with Crippen LogP contribution in [0.15, 0.2) is 36.2 Å². The summed E-state index contributed by atoms with van der Waals surface area (Å²) in [5.74, 6) is -0.873. The zero-order chi connectivity index (χ0) is 23.1. The number of carbonyl (C=O) groups excluding carboxylic acids is 2. The highest BCUT2D eigenvalue weighted by atomic mass is 32.1. The monoisotopic (exact) mass is 471 g/mol. The molecule has 3 N–H and O–H groups in total. The summed E-state index contributed by atoms with van der Waals surface area (Å²) in [6.07, 6.45) is 9.70. The van der Waals surface area contributed by atoms with Gasteiger partial charge in [0.2, 0.25) is 0 Å². The number of ether oxygens (including phenoxy) is 1. The van der Waals surface area contributed by atoms with Crippen molar-refractivity contribution in [3.8, 4) is 0 Å². The molecule has 2 bridgehead atoms. The van der Waals surface area contributed by atoms with E-state index in [4.69, 9.17) is 10.5 Å². The van der Waals surface area contributed by atoms with Crippen LogP contribution in [0.2, 0.25) is 0 Å². The fraction of sp³-hybridized carbons (Fsp3) is 0.583. The molecule has 9 heteroatoms. The van der Waals surface area contributed by atoms with Crippen LogP contribution in [0.4, 0.5) is 0 Å². The Bertz CT molecular complexity index is 987. The van der Waals surface area contributed by atoms with Crippen molar-refractivity contribution in [2.45, 2.75) is 56.3 Å². The molecule has 33 heavy (non-hydrogen) atoms. The lowest BCUT2D eigenvalue weighted by Crippen LogP contribution is -2.67. The van der Waals surface area contributed by atoms with E-state index in [0.717, 1.165) is 51.6 Å². The summed E-state index contributed by atoms with van der Waals surface area (Å²) in [6.45, 7) is 2.09. The Morgan fingerprint density at radius 3 is 2.48 bits per heavy atom. The van der Waals surface area contributed by atoms with Gasteiger partial charge in [0, 0.05) is 41.9 Å². The highest BCUT2D eigenvalue weighted by molar-refractivity contribution is 7.10. The summed E-state index contributed by atoms with van der Waals surface area (Å²) in [7, 11) is 0. The van der Waals surface area contributed by atoms with E-state index in [1.165, 1.54) is 17.7 Å². The van der Waals surface area contributed by atoms with Gasteiger partial charge in [-0.05, 0) is 24.3 Å². The van der Waals surface area contributed by atoms with Gasteiger partial charge in [-0.2, -0.15) is 0 Å². The number of quaternary nitrogens is 1. The van der Waals surface area contributed by atoms with Gasteiger partial charge in [0.05, 0.1) is 18.7 Å². The maximum absolute atomic E-state index is 13.6. The minimum absolute atomic E-state index is 0.132. The van der Waals surface area contributed by atoms with Crippen molar-refractivity contribution >= 4 is 23.2 Å². The molecule has 0 aromatic carbocycles. The molecule has 3 saturated heterocycles. The Morgan fingerprint density at radius 2 is 1.88 bits per heavy atom. The molecule has 6 rings (SSSR count). The van der Waals surface area contributed by atoms with E-state index in [1.807, 2.05) is 17.5 Å². The highest BCUT2D eigenvalue weighted by Crippen LogP contribution is 2.46. The molecule has 8 nitrogen and oxygen atoms in total. The zero-order valence-electron chi connectivity index (χ0n) is 18.6. The van der Waals surface area contributed by atoms with Crippen molar-refractivity contribution in [3.63, 3.8) is 0 Å². The van der Waals surface area contributed by atoms with Crippen LogP contribution in [0.1, 0.15) is 55.0 Å². The first-order chi connectivity index (χ1) is 15.9. The Hall–Kier alpha value is -2.36. The number of nitrogens with zero attached hydrogens (tertiary/aromatic N) is 3. The molecule has 4 fully saturated rings. The number of piperidine rings is 3. The SMILES string of the molecule is NC(=O)C(c1cncnc1)[N+]12CCC(CC1)[C@@H](OC(=O)C(O)(c1cccs1)C1CCCC1)C2. The molecule has 2 aromatic rings. The lowest BCUT2D eigenvalue weighted by molar-refractivity contribution is -0.965. The molecule has 2 aromatic heterocycles. The molecular weight excluding hydrogens is 440 g/mol. The molecule has 5 heterocycles. The first-order valence-electron chi connectivity index (χ1n) is 11.8. The molecule has 3 atom stereocenters. The van der Waals surface area contributed by atoms with E-state index in [2.05, 4.69) is 9.97 Å². The van der Waals surface area contributed by atoms with Gasteiger partial charge in [0.25, 0.3) is 5.91 Å². The molecule has 0 radical (unpaired) electrons. The Kier molecular flexibility index (Phi) is 5.96. The van der Waals surface area contributed by atoms with Crippen molar-refractivity contribution < 1.29 is 23.9 Å². The van der Waals surface area contributed by atoms with Gasteiger partial charge in [-0.15, -0.1) is 11.3 Å². The number of rotatable bonds is 7. The van der Waals surface area contributed by atoms with E-state index in [-0.39, 0.29) is 17.9 Å². The molecule has 176 valence electrons. The first-order valence-corrected chi connectivity index (χ1v) is 12.7. The maximum atomic E-state index is 13.6. The molecule has 1 amide bonds. The van der Waals surface area contributed by atoms with Gasteiger partial charge in [-0.1, -0.05) is 18.9 Å². The summed E-state index contributed by atoms with van der Waals surface area (Å²) in [4.78, 5) is 35.0. The summed E-state index contributed by atoms with van der Waals surface area (Å²) in [5, 5.41) is 13.6. The number of thiophene rings is 1. The molecule has 1 aliphatic carbocycles. The molecule has 0 spiro atoms. The average Bonchev–Trinajstić information content (AvgIpc) is 3.55. The normalized spacial score (nSPS) is 30.0. The predicted octanol–water partition coefficient (Wildman–Crippen LogP) is 2.29. The molecular formula is C24H31N4O4S+. The number of nitrogens with two attached hydrogens (primary N) is 1. The van der Waals surface area contributed by atoms with Crippen molar-refractivity contribution in [1.29, 1.82) is 0 Å². The minimum atomic E-state index is -1.61. The number of carbonyl (C=O) groups is 2. The van der Waals surface area contributed by atoms with Crippen LogP contribution >= 0.6 is 11.3 Å². The fourth-order valence-corrected chi connectivity index (χ4v) is 7.29. The van der Waals surface area contributed by atoms with Crippen LogP contribution in [0.25, 0.3) is 0 Å². The third kappa shape index (κ3) is 3.86. The highest BCUT2D eigenvalue weighted by Gasteiger charge is 2.56. The van der Waals surface area contributed by atoms with E-state index < -0.39 is 23.5 Å². The molecule has 2 unspecified atom stereocenters. The maximum Gasteiger partial charge on any atom is 0.344 e. The predicted molar refractivity (Wildman–Crippen MR) is 122 cm³/mol. The van der Waals surface area contributed by atoms with Crippen LogP contribution in [0.3, 0.4) is 0 Å². The summed E-state index contributed by atoms with van der Waals surface area (Å²) >= 11 is 1.40. The van der Waals surface area contributed by atoms with E-state index in [0.29, 0.717) is 21.5 Å². The van der Waals surface area contributed by atoms with Gasteiger partial charge < -0.3 is 20.1 Å². The zero-order valence-corrected chi connectivity index (χ0v) is 19.5. The van der Waals surface area contributed by atoms with E-state index in [1.54, 1.807) is 12.4 Å². The third-order valence-electron chi connectivity index (χ3n) is 8.09. The van der Waals surface area contributed by atoms with Gasteiger partial charge in [-0.3, -0.25) is 4.79 Å². The second-order valence-corrected chi connectivity index (χ2v) is 10.8. The van der Waals surface area contributed by atoms with Crippen LogP contribution in [0.5, 0.6) is 0 Å². The third-order valence-corrected chi connectivity index (χ3v) is 9.08. The quantitative estimate of drug-likeness (QED) is 0.473. The number of aliphatic hydroxyl groups is 1. The Labute approximate surface area is 197 Å². The summed E-state index contributed by atoms with van der Waals surface area (Å²) < 4.78 is 6.58. The van der Waals surface area contributed by atoms with Crippen LogP contribution < -0.4 is 5.73 Å². The summed E-state index contributed by atoms with van der Waals surface area (Å²) in [6, 6.07) is 3.11. The number of amides is 1. The smallest absolute Gasteiger partial charge is 0.344 e. The van der Waals surface area contributed by atoms with Crippen molar-refractivity contribution in [2.24, 2.45) is 17.6 Å². The van der Waals surface area contributed by atoms with Gasteiger partial charge in [-0.25, -0.2) is 14.8 Å². The molecule has 4 aliphatic rings. The lowest BCUT2D eigenvalue weighted by Gasteiger charge is -2.54. The summed E-state index contributed by atoms with van der Waals surface area (Å²) in [5.41, 5.74) is 4.96. The first kappa shape index (κ1) is 22.4. The minimum Gasteiger partial charge on any atom is -0.454 e. The number of primary amides is 1. The van der Waals surface area contributed by atoms with Crippen LogP contribution in [-0.2, 0) is 19.9 Å². The lowest BCUT2D eigenvalue weighted by atomic mass is 9.80. The molecule has 1 saturated carbocycles. The second-order valence-electron chi connectivity index (χ2n) is 9.83. The van der Waals surface area contributed by atoms with Crippen LogP contribution in [0, 0.1) is 11.8 Å². The molecule has 3 aliphatic heterocycles. The van der Waals surface area contributed by atoms with Crippen LogP contribution in [-0.4, -0.2) is 57.2 Å². The van der Waals surface area contributed by atoms with Gasteiger partial charge in [0.1, 0.15) is 12.9 Å². The Balaban J connectivity index is 1.41. The largest absolute Gasteiger partial charge is 0.454 e. The van der Waals surface area contributed by atoms with Gasteiger partial charge in [0.15, 0.2) is 17.7 Å². The standard InChI is InChI=1S/C24H30N4O4S/c25-22(29)21(17-12-26-15-27-13-17)28-9-7-16(8-10-28)19(14-28)32-23(30)24(31,18-4-1-2-5-18)20-6-3-11-33-20/h3,6,11-13,15-16,18-19,21,31H,1-2,4-5,7-10,14H2,(H-,25,29)/p+1/t16?,19-,21?,24?,28?/m0/s1. The van der Waals surface area contributed by atoms with Crippen molar-refractivity contribution in [3.05, 3.63) is 46.7 Å². The van der Waals surface area contributed by atoms with Gasteiger partial charge >= 0.3 is 5.97 Å². The van der Waals surface area contributed by atoms with Crippen molar-refractivity contribution in [2.75, 3.05) is 19.6 Å². The number of fused-ring (bicyclic) bond motifs is 3. The van der Waals surface area contributed by atoms with E-state index >= 15 is 0 Å². The number of aromatic nitrogens is 2.